The summed E-state index contributed by atoms with van der Waals surface area (Å²) in [7, 11) is 0. The zero-order valence-electron chi connectivity index (χ0n) is 21.8. The van der Waals surface area contributed by atoms with Gasteiger partial charge in [-0.25, -0.2) is 13.2 Å². The van der Waals surface area contributed by atoms with Gasteiger partial charge in [-0.1, -0.05) is 18.2 Å². The number of benzene rings is 1. The highest BCUT2D eigenvalue weighted by Gasteiger charge is 2.45. The molecule has 41 heavy (non-hydrogen) atoms. The predicted molar refractivity (Wildman–Crippen MR) is 140 cm³/mol. The smallest absolute Gasteiger partial charge is 0.333 e. The Labute approximate surface area is 235 Å². The van der Waals surface area contributed by atoms with E-state index in [4.69, 9.17) is 0 Å². The second-order valence-electron chi connectivity index (χ2n) is 10.1. The van der Waals surface area contributed by atoms with Gasteiger partial charge >= 0.3 is 6.18 Å². The molecule has 1 fully saturated rings. The van der Waals surface area contributed by atoms with E-state index in [1.165, 1.54) is 46.7 Å². The number of alkyl halides is 5. The third-order valence-electron chi connectivity index (χ3n) is 7.30. The number of carbonyl (C=O) groups is 1. The summed E-state index contributed by atoms with van der Waals surface area (Å²) in [6, 6.07) is 7.39. The van der Waals surface area contributed by atoms with Crippen molar-refractivity contribution >= 4 is 17.2 Å². The molecule has 6 nitrogen and oxygen atoms in total. The molecule has 1 aliphatic carbocycles. The summed E-state index contributed by atoms with van der Waals surface area (Å²) < 4.78 is 84.5. The number of nitriles is 1. The SMILES string of the molecule is CCn1cc(-c2c(F)cccc2[C@@H]2CN(C(=O)/C=C/CNC3CC(F)(F)C3)Cc3sc(C#N)cc32)c(C(F)(F)F)n1. The standard InChI is InChI=1S/C28H25F6N5OS/c1-2-39-14-21(26(37-39)28(32,33)34)25-18(5-3-6-22(25)29)20-13-38(15-23-19(20)9-17(12-35)41-23)24(40)7-4-8-36-16-10-27(30,31)11-16/h3-7,9,14,16,20,36H,2,8,10-11,13,15H2,1H3/b7-4+/t20-/m0/s1. The highest BCUT2D eigenvalue weighted by atomic mass is 32.1. The van der Waals surface area contributed by atoms with Crippen LogP contribution in [0.3, 0.4) is 0 Å². The molecule has 1 aromatic carbocycles. The highest BCUT2D eigenvalue weighted by Crippen LogP contribution is 2.45. The minimum Gasteiger partial charge on any atom is -0.333 e. The van der Waals surface area contributed by atoms with E-state index in [-0.39, 0.29) is 56.2 Å². The third-order valence-corrected chi connectivity index (χ3v) is 8.34. The van der Waals surface area contributed by atoms with Gasteiger partial charge in [0.2, 0.25) is 5.91 Å². The number of rotatable bonds is 7. The van der Waals surface area contributed by atoms with Crippen molar-refractivity contribution in [2.24, 2.45) is 0 Å². The van der Waals surface area contributed by atoms with E-state index in [1.54, 1.807) is 13.0 Å². The highest BCUT2D eigenvalue weighted by molar-refractivity contribution is 7.12. The van der Waals surface area contributed by atoms with Gasteiger partial charge in [0.25, 0.3) is 5.92 Å². The Morgan fingerprint density at radius 2 is 2.05 bits per heavy atom. The predicted octanol–water partition coefficient (Wildman–Crippen LogP) is 6.08. The summed E-state index contributed by atoms with van der Waals surface area (Å²) >= 11 is 1.17. The van der Waals surface area contributed by atoms with Crippen LogP contribution in [-0.2, 0) is 24.1 Å². The fourth-order valence-corrected chi connectivity index (χ4v) is 6.34. The lowest BCUT2D eigenvalue weighted by molar-refractivity contribution is -0.141. The van der Waals surface area contributed by atoms with Gasteiger partial charge in [-0.15, -0.1) is 11.3 Å². The molecule has 1 N–H and O–H groups in total. The van der Waals surface area contributed by atoms with Crippen LogP contribution in [0.4, 0.5) is 26.3 Å². The second kappa shape index (κ2) is 11.0. The molecule has 5 rings (SSSR count). The molecular weight excluding hydrogens is 568 g/mol. The van der Waals surface area contributed by atoms with Gasteiger partial charge in [0.15, 0.2) is 5.69 Å². The zero-order chi connectivity index (χ0) is 29.5. The minimum atomic E-state index is -4.83. The molecule has 1 amide bonds. The number of hydrogen-bond acceptors (Lipinski definition) is 5. The lowest BCUT2D eigenvalue weighted by atomic mass is 9.83. The lowest BCUT2D eigenvalue weighted by Gasteiger charge is -2.35. The summed E-state index contributed by atoms with van der Waals surface area (Å²) in [6.07, 6.45) is -1.34. The molecule has 0 unspecified atom stereocenters. The molecule has 3 aromatic rings. The average molecular weight is 594 g/mol. The average Bonchev–Trinajstić information content (AvgIpc) is 3.53. The first-order valence-electron chi connectivity index (χ1n) is 12.9. The largest absolute Gasteiger partial charge is 0.435 e. The fraction of sp³-hybridized carbons (Fsp3) is 0.393. The number of fused-ring (bicyclic) bond motifs is 1. The first kappa shape index (κ1) is 28.9. The Balaban J connectivity index is 1.48. The molecular formula is C28H25F6N5OS. The summed E-state index contributed by atoms with van der Waals surface area (Å²) in [6.45, 7) is 2.16. The van der Waals surface area contributed by atoms with E-state index in [9.17, 15) is 32.0 Å². The van der Waals surface area contributed by atoms with Crippen LogP contribution in [0.5, 0.6) is 0 Å². The molecule has 1 aliphatic heterocycles. The van der Waals surface area contributed by atoms with Crippen molar-refractivity contribution in [1.82, 2.24) is 20.0 Å². The molecule has 1 saturated carbocycles. The van der Waals surface area contributed by atoms with E-state index in [1.807, 2.05) is 0 Å². The molecule has 13 heteroatoms. The molecule has 0 bridgehead atoms. The van der Waals surface area contributed by atoms with Crippen molar-refractivity contribution in [2.75, 3.05) is 13.1 Å². The van der Waals surface area contributed by atoms with Gasteiger partial charge in [0.1, 0.15) is 16.8 Å². The number of nitrogens with zero attached hydrogens (tertiary/aromatic N) is 4. The third kappa shape index (κ3) is 5.90. The Bertz CT molecular complexity index is 1530. The normalized spacial score (nSPS) is 18.8. The number of aryl methyl sites for hydroxylation is 1. The summed E-state index contributed by atoms with van der Waals surface area (Å²) in [5.41, 5.74) is -0.983. The first-order valence-corrected chi connectivity index (χ1v) is 13.7. The number of aromatic nitrogens is 2. The number of halogens is 6. The van der Waals surface area contributed by atoms with Crippen molar-refractivity contribution in [1.29, 1.82) is 5.26 Å². The Kier molecular flexibility index (Phi) is 7.74. The van der Waals surface area contributed by atoms with E-state index in [2.05, 4.69) is 16.5 Å². The van der Waals surface area contributed by atoms with Crippen LogP contribution in [0.2, 0.25) is 0 Å². The van der Waals surface area contributed by atoms with Gasteiger partial charge in [-0.3, -0.25) is 9.48 Å². The molecule has 0 radical (unpaired) electrons. The van der Waals surface area contributed by atoms with Crippen molar-refractivity contribution in [3.63, 3.8) is 0 Å². The van der Waals surface area contributed by atoms with E-state index < -0.39 is 41.0 Å². The Hall–Kier alpha value is -3.63. The monoisotopic (exact) mass is 593 g/mol. The summed E-state index contributed by atoms with van der Waals surface area (Å²) in [5, 5.41) is 16.1. The van der Waals surface area contributed by atoms with Crippen LogP contribution in [0.25, 0.3) is 11.1 Å². The molecule has 3 heterocycles. The second-order valence-corrected chi connectivity index (χ2v) is 11.2. The van der Waals surface area contributed by atoms with Crippen molar-refractivity contribution in [3.05, 3.63) is 75.0 Å². The van der Waals surface area contributed by atoms with Crippen LogP contribution in [0.1, 0.15) is 52.3 Å². The van der Waals surface area contributed by atoms with Gasteiger partial charge in [0.05, 0.1) is 6.54 Å². The van der Waals surface area contributed by atoms with Crippen LogP contribution in [0.15, 0.2) is 42.6 Å². The number of carbonyl (C=O) groups excluding carboxylic acids is 1. The number of thiophene rings is 1. The van der Waals surface area contributed by atoms with Crippen LogP contribution in [-0.4, -0.2) is 45.6 Å². The van der Waals surface area contributed by atoms with Gasteiger partial charge in [-0.2, -0.15) is 23.5 Å². The molecule has 2 aromatic heterocycles. The van der Waals surface area contributed by atoms with E-state index >= 15 is 4.39 Å². The number of nitrogens with one attached hydrogen (secondary N) is 1. The zero-order valence-corrected chi connectivity index (χ0v) is 22.6. The molecule has 0 saturated heterocycles. The van der Waals surface area contributed by atoms with Gasteiger partial charge in [0, 0.05) is 72.7 Å². The van der Waals surface area contributed by atoms with Crippen molar-refractivity contribution < 1.29 is 31.1 Å². The van der Waals surface area contributed by atoms with Crippen LogP contribution >= 0.6 is 11.3 Å². The quantitative estimate of drug-likeness (QED) is 0.266. The fourth-order valence-electron chi connectivity index (χ4n) is 5.30. The van der Waals surface area contributed by atoms with Gasteiger partial charge < -0.3 is 10.2 Å². The van der Waals surface area contributed by atoms with Crippen LogP contribution in [0, 0.1) is 17.1 Å². The maximum absolute atomic E-state index is 15.4. The van der Waals surface area contributed by atoms with Crippen molar-refractivity contribution in [2.45, 2.75) is 56.9 Å². The first-order chi connectivity index (χ1) is 19.4. The van der Waals surface area contributed by atoms with Crippen LogP contribution < -0.4 is 5.32 Å². The maximum Gasteiger partial charge on any atom is 0.435 e. The summed E-state index contributed by atoms with van der Waals surface area (Å²) in [4.78, 5) is 15.6. The topological polar surface area (TPSA) is 74.0 Å². The summed E-state index contributed by atoms with van der Waals surface area (Å²) in [5.74, 6) is -4.65. The number of hydrogen-bond donors (Lipinski definition) is 1. The molecule has 0 spiro atoms. The maximum atomic E-state index is 15.4. The number of amides is 1. The van der Waals surface area contributed by atoms with Gasteiger partial charge in [-0.05, 0) is 30.2 Å². The Morgan fingerprint density at radius 3 is 2.71 bits per heavy atom. The van der Waals surface area contributed by atoms with E-state index in [0.29, 0.717) is 15.3 Å². The minimum absolute atomic E-state index is 0.0276. The molecule has 2 aliphatic rings. The molecule has 1 atom stereocenters. The van der Waals surface area contributed by atoms with Crippen molar-refractivity contribution in [3.8, 4) is 17.2 Å². The Morgan fingerprint density at radius 1 is 1.29 bits per heavy atom. The molecule has 216 valence electrons. The lowest BCUT2D eigenvalue weighted by Crippen LogP contribution is -2.48. The van der Waals surface area contributed by atoms with E-state index in [0.717, 1.165) is 10.7 Å².